The zero-order chi connectivity index (χ0) is 23.4. The Bertz CT molecular complexity index is 1330. The topological polar surface area (TPSA) is 80.3 Å². The molecule has 0 bridgehead atoms. The second-order valence-electron chi connectivity index (χ2n) is 7.50. The number of hydrogen-bond acceptors (Lipinski definition) is 6. The van der Waals surface area contributed by atoms with Gasteiger partial charge in [0.25, 0.3) is 5.91 Å². The summed E-state index contributed by atoms with van der Waals surface area (Å²) in [6.07, 6.45) is 0. The fourth-order valence-electron chi connectivity index (χ4n) is 3.28. The van der Waals surface area contributed by atoms with Gasteiger partial charge in [0.15, 0.2) is 4.34 Å². The van der Waals surface area contributed by atoms with E-state index in [9.17, 15) is 9.59 Å². The second-order valence-corrected chi connectivity index (χ2v) is 9.76. The SMILES string of the molecule is COc1cccc(C(=O)Nc2ccc3nc(SCC(=O)Nc4ccc(C)cc4C)sc3c2)c1. The fraction of sp³-hybridized carbons (Fsp3) is 0.160. The van der Waals surface area contributed by atoms with Crippen molar-refractivity contribution in [1.82, 2.24) is 4.98 Å². The number of nitrogens with one attached hydrogen (secondary N) is 2. The van der Waals surface area contributed by atoms with Crippen LogP contribution in [-0.4, -0.2) is 29.7 Å². The molecule has 0 radical (unpaired) electrons. The third-order valence-electron chi connectivity index (χ3n) is 4.94. The second kappa shape index (κ2) is 10.1. The number of aryl methyl sites for hydroxylation is 2. The Labute approximate surface area is 200 Å². The summed E-state index contributed by atoms with van der Waals surface area (Å²) >= 11 is 2.89. The fourth-order valence-corrected chi connectivity index (χ4v) is 5.19. The van der Waals surface area contributed by atoms with Crippen LogP contribution in [0, 0.1) is 13.8 Å². The Hall–Kier alpha value is -3.36. The summed E-state index contributed by atoms with van der Waals surface area (Å²) < 4.78 is 6.92. The number of anilines is 2. The number of benzene rings is 3. The summed E-state index contributed by atoms with van der Waals surface area (Å²) in [5.74, 6) is 0.615. The Morgan fingerprint density at radius 1 is 1.03 bits per heavy atom. The first-order valence-electron chi connectivity index (χ1n) is 10.3. The average Bonchev–Trinajstić information content (AvgIpc) is 3.22. The lowest BCUT2D eigenvalue weighted by molar-refractivity contribution is -0.113. The number of ether oxygens (including phenoxy) is 1. The van der Waals surface area contributed by atoms with Crippen LogP contribution < -0.4 is 15.4 Å². The first-order valence-corrected chi connectivity index (χ1v) is 12.1. The van der Waals surface area contributed by atoms with Crippen LogP contribution in [0.25, 0.3) is 10.2 Å². The van der Waals surface area contributed by atoms with Crippen molar-refractivity contribution in [1.29, 1.82) is 0 Å². The number of carbonyl (C=O) groups excluding carboxylic acids is 2. The normalized spacial score (nSPS) is 10.8. The quantitative estimate of drug-likeness (QED) is 0.324. The lowest BCUT2D eigenvalue weighted by atomic mass is 10.1. The minimum Gasteiger partial charge on any atom is -0.497 e. The van der Waals surface area contributed by atoms with Crippen LogP contribution in [0.15, 0.2) is 65.0 Å². The van der Waals surface area contributed by atoms with Gasteiger partial charge in [0, 0.05) is 16.9 Å². The first kappa shape index (κ1) is 22.8. The van der Waals surface area contributed by atoms with Gasteiger partial charge in [-0.05, 0) is 61.9 Å². The lowest BCUT2D eigenvalue weighted by Gasteiger charge is -2.08. The van der Waals surface area contributed by atoms with Crippen molar-refractivity contribution in [2.75, 3.05) is 23.5 Å². The number of methoxy groups -OCH3 is 1. The zero-order valence-corrected chi connectivity index (χ0v) is 20.1. The summed E-state index contributed by atoms with van der Waals surface area (Å²) in [6.45, 7) is 4.01. The molecule has 0 aliphatic carbocycles. The number of aromatic nitrogens is 1. The van der Waals surface area contributed by atoms with Crippen LogP contribution in [0.2, 0.25) is 0 Å². The van der Waals surface area contributed by atoms with E-state index in [0.29, 0.717) is 17.0 Å². The largest absolute Gasteiger partial charge is 0.497 e. The van der Waals surface area contributed by atoms with Crippen molar-refractivity contribution in [2.45, 2.75) is 18.2 Å². The maximum Gasteiger partial charge on any atom is 0.255 e. The summed E-state index contributed by atoms with van der Waals surface area (Å²) in [4.78, 5) is 29.5. The molecule has 8 heteroatoms. The van der Waals surface area contributed by atoms with Crippen LogP contribution in [-0.2, 0) is 4.79 Å². The van der Waals surface area contributed by atoms with Gasteiger partial charge >= 0.3 is 0 Å². The van der Waals surface area contributed by atoms with E-state index >= 15 is 0 Å². The van der Waals surface area contributed by atoms with Gasteiger partial charge in [0.1, 0.15) is 5.75 Å². The molecule has 3 aromatic carbocycles. The third-order valence-corrected chi connectivity index (χ3v) is 7.10. The minimum absolute atomic E-state index is 0.0718. The standard InChI is InChI=1S/C25H23N3O3S2/c1-15-7-9-20(16(2)11-15)27-23(29)14-32-25-28-21-10-8-18(13-22(21)33-25)26-24(30)17-5-4-6-19(12-17)31-3/h4-13H,14H2,1-3H3,(H,26,30)(H,27,29). The maximum absolute atomic E-state index is 12.6. The molecule has 2 amide bonds. The van der Waals surface area contributed by atoms with E-state index in [1.54, 1.807) is 31.4 Å². The van der Waals surface area contributed by atoms with Gasteiger partial charge in [-0.1, -0.05) is 35.5 Å². The van der Waals surface area contributed by atoms with Gasteiger partial charge in [0.05, 0.1) is 23.1 Å². The monoisotopic (exact) mass is 477 g/mol. The van der Waals surface area contributed by atoms with Crippen LogP contribution in [0.5, 0.6) is 5.75 Å². The van der Waals surface area contributed by atoms with Crippen molar-refractivity contribution in [3.63, 3.8) is 0 Å². The molecule has 33 heavy (non-hydrogen) atoms. The van der Waals surface area contributed by atoms with E-state index in [4.69, 9.17) is 4.74 Å². The Kier molecular flexibility index (Phi) is 6.96. The minimum atomic E-state index is -0.213. The highest BCUT2D eigenvalue weighted by Gasteiger charge is 2.12. The molecule has 168 valence electrons. The molecule has 0 atom stereocenters. The van der Waals surface area contributed by atoms with E-state index in [-0.39, 0.29) is 17.6 Å². The molecule has 1 heterocycles. The van der Waals surface area contributed by atoms with Gasteiger partial charge in [-0.2, -0.15) is 0 Å². The highest BCUT2D eigenvalue weighted by atomic mass is 32.2. The molecular formula is C25H23N3O3S2. The van der Waals surface area contributed by atoms with Gasteiger partial charge < -0.3 is 15.4 Å². The zero-order valence-electron chi connectivity index (χ0n) is 18.5. The Morgan fingerprint density at radius 3 is 2.67 bits per heavy atom. The van der Waals surface area contributed by atoms with Crippen molar-refractivity contribution in [3.05, 3.63) is 77.4 Å². The van der Waals surface area contributed by atoms with E-state index < -0.39 is 0 Å². The van der Waals surface area contributed by atoms with Crippen molar-refractivity contribution < 1.29 is 14.3 Å². The summed E-state index contributed by atoms with van der Waals surface area (Å²) in [6, 6.07) is 18.5. The molecule has 0 saturated carbocycles. The maximum atomic E-state index is 12.6. The van der Waals surface area contributed by atoms with Crippen LogP contribution >= 0.6 is 23.1 Å². The van der Waals surface area contributed by atoms with E-state index in [1.165, 1.54) is 23.1 Å². The lowest BCUT2D eigenvalue weighted by Crippen LogP contribution is -2.14. The number of rotatable bonds is 7. The molecule has 0 fully saturated rings. The Morgan fingerprint density at radius 2 is 1.88 bits per heavy atom. The molecule has 1 aromatic heterocycles. The third kappa shape index (κ3) is 5.71. The number of carbonyl (C=O) groups is 2. The van der Waals surface area contributed by atoms with Gasteiger partial charge in [0.2, 0.25) is 5.91 Å². The molecule has 4 aromatic rings. The molecule has 0 unspecified atom stereocenters. The number of thiazole rings is 1. The number of fused-ring (bicyclic) bond motifs is 1. The molecule has 2 N–H and O–H groups in total. The smallest absolute Gasteiger partial charge is 0.255 e. The highest BCUT2D eigenvalue weighted by molar-refractivity contribution is 8.01. The molecule has 0 spiro atoms. The van der Waals surface area contributed by atoms with E-state index in [2.05, 4.69) is 15.6 Å². The molecule has 0 aliphatic heterocycles. The molecular weight excluding hydrogens is 454 g/mol. The van der Waals surface area contributed by atoms with Gasteiger partial charge in [-0.25, -0.2) is 4.98 Å². The number of nitrogens with zero attached hydrogens (tertiary/aromatic N) is 1. The number of amides is 2. The van der Waals surface area contributed by atoms with Crippen LogP contribution in [0.4, 0.5) is 11.4 Å². The average molecular weight is 478 g/mol. The summed E-state index contributed by atoms with van der Waals surface area (Å²) in [5.41, 5.74) is 5.06. The molecule has 0 aliphatic rings. The van der Waals surface area contributed by atoms with Crippen LogP contribution in [0.1, 0.15) is 21.5 Å². The highest BCUT2D eigenvalue weighted by Crippen LogP contribution is 2.31. The van der Waals surface area contributed by atoms with Crippen molar-refractivity contribution in [3.8, 4) is 5.75 Å². The number of thioether (sulfide) groups is 1. The molecule has 6 nitrogen and oxygen atoms in total. The van der Waals surface area contributed by atoms with Crippen LogP contribution in [0.3, 0.4) is 0 Å². The van der Waals surface area contributed by atoms with Gasteiger partial charge in [-0.3, -0.25) is 9.59 Å². The predicted octanol–water partition coefficient (Wildman–Crippen LogP) is 5.90. The predicted molar refractivity (Wildman–Crippen MR) is 136 cm³/mol. The molecule has 4 rings (SSSR count). The van der Waals surface area contributed by atoms with E-state index in [1.807, 2.05) is 50.2 Å². The van der Waals surface area contributed by atoms with E-state index in [0.717, 1.165) is 31.4 Å². The van der Waals surface area contributed by atoms with Crippen molar-refractivity contribution >= 4 is 56.5 Å². The number of hydrogen-bond donors (Lipinski definition) is 2. The molecule has 0 saturated heterocycles. The van der Waals surface area contributed by atoms with Gasteiger partial charge in [-0.15, -0.1) is 11.3 Å². The first-order chi connectivity index (χ1) is 15.9. The summed E-state index contributed by atoms with van der Waals surface area (Å²) in [7, 11) is 1.57. The summed E-state index contributed by atoms with van der Waals surface area (Å²) in [5, 5.41) is 5.87. The van der Waals surface area contributed by atoms with Crippen molar-refractivity contribution in [2.24, 2.45) is 0 Å². The Balaban J connectivity index is 1.39.